The molecule has 5 unspecified atom stereocenters. The van der Waals surface area contributed by atoms with Crippen LogP contribution in [0.25, 0.3) is 0 Å². The van der Waals surface area contributed by atoms with Crippen molar-refractivity contribution in [3.63, 3.8) is 0 Å². The SMILES string of the molecule is C=CC(=O)OC1CC2CC1CC2CCCCCCC1CCOC1=O. The molecule has 0 aromatic heterocycles. The first-order chi connectivity index (χ1) is 11.7. The minimum absolute atomic E-state index is 0.0173. The van der Waals surface area contributed by atoms with Crippen LogP contribution in [-0.2, 0) is 19.1 Å². The van der Waals surface area contributed by atoms with Gasteiger partial charge in [0.25, 0.3) is 0 Å². The van der Waals surface area contributed by atoms with Crippen LogP contribution >= 0.6 is 0 Å². The van der Waals surface area contributed by atoms with Crippen molar-refractivity contribution in [3.05, 3.63) is 12.7 Å². The maximum atomic E-state index is 11.4. The van der Waals surface area contributed by atoms with Gasteiger partial charge in [0.15, 0.2) is 0 Å². The number of fused-ring (bicyclic) bond motifs is 2. The molecular formula is C20H30O4. The van der Waals surface area contributed by atoms with Gasteiger partial charge in [0, 0.05) is 6.08 Å². The van der Waals surface area contributed by atoms with E-state index < -0.39 is 0 Å². The Morgan fingerprint density at radius 3 is 2.54 bits per heavy atom. The molecule has 5 atom stereocenters. The van der Waals surface area contributed by atoms with Gasteiger partial charge in [-0.25, -0.2) is 4.79 Å². The van der Waals surface area contributed by atoms with E-state index in [9.17, 15) is 9.59 Å². The highest BCUT2D eigenvalue weighted by atomic mass is 16.5. The molecule has 134 valence electrons. The number of carbonyl (C=O) groups excluding carboxylic acids is 2. The van der Waals surface area contributed by atoms with Gasteiger partial charge in [-0.3, -0.25) is 4.79 Å². The van der Waals surface area contributed by atoms with Crippen LogP contribution < -0.4 is 0 Å². The van der Waals surface area contributed by atoms with Gasteiger partial charge >= 0.3 is 11.9 Å². The molecule has 1 saturated heterocycles. The van der Waals surface area contributed by atoms with Gasteiger partial charge in [-0.15, -0.1) is 0 Å². The predicted octanol–water partition coefficient (Wildman–Crippen LogP) is 4.03. The Hall–Kier alpha value is -1.32. The molecule has 0 radical (unpaired) electrons. The summed E-state index contributed by atoms with van der Waals surface area (Å²) >= 11 is 0. The normalized spacial score (nSPS) is 34.3. The minimum atomic E-state index is -0.268. The molecule has 2 saturated carbocycles. The van der Waals surface area contributed by atoms with Crippen molar-refractivity contribution in [2.45, 2.75) is 70.3 Å². The molecule has 0 aromatic rings. The Kier molecular flexibility index (Phi) is 5.96. The molecule has 0 spiro atoms. The van der Waals surface area contributed by atoms with Crippen LogP contribution in [0.3, 0.4) is 0 Å². The highest BCUT2D eigenvalue weighted by molar-refractivity contribution is 5.81. The van der Waals surface area contributed by atoms with E-state index in [-0.39, 0.29) is 24.0 Å². The Bertz CT molecular complexity index is 472. The van der Waals surface area contributed by atoms with E-state index in [2.05, 4.69) is 6.58 Å². The Labute approximate surface area is 145 Å². The molecule has 3 aliphatic rings. The quantitative estimate of drug-likeness (QED) is 0.363. The fraction of sp³-hybridized carbons (Fsp3) is 0.800. The van der Waals surface area contributed by atoms with Crippen LogP contribution in [0, 0.1) is 23.7 Å². The molecule has 3 rings (SSSR count). The van der Waals surface area contributed by atoms with Crippen LogP contribution in [0.2, 0.25) is 0 Å². The molecule has 0 aromatic carbocycles. The third kappa shape index (κ3) is 4.20. The third-order valence-electron chi connectivity index (χ3n) is 6.29. The summed E-state index contributed by atoms with van der Waals surface area (Å²) in [5, 5.41) is 0. The summed E-state index contributed by atoms with van der Waals surface area (Å²) in [5.41, 5.74) is 0. The topological polar surface area (TPSA) is 52.6 Å². The molecule has 24 heavy (non-hydrogen) atoms. The lowest BCUT2D eigenvalue weighted by molar-refractivity contribution is -0.146. The molecule has 2 bridgehead atoms. The average molecular weight is 334 g/mol. The van der Waals surface area contributed by atoms with Crippen molar-refractivity contribution in [2.24, 2.45) is 23.7 Å². The summed E-state index contributed by atoms with van der Waals surface area (Å²) in [4.78, 5) is 22.7. The summed E-state index contributed by atoms with van der Waals surface area (Å²) in [7, 11) is 0. The summed E-state index contributed by atoms with van der Waals surface area (Å²) in [6, 6.07) is 0. The summed E-state index contributed by atoms with van der Waals surface area (Å²) in [6.07, 6.45) is 13.1. The second-order valence-electron chi connectivity index (χ2n) is 7.81. The van der Waals surface area contributed by atoms with Crippen LogP contribution in [0.15, 0.2) is 12.7 Å². The summed E-state index contributed by atoms with van der Waals surface area (Å²) in [6.45, 7) is 4.10. The summed E-state index contributed by atoms with van der Waals surface area (Å²) < 4.78 is 10.5. The molecule has 4 heteroatoms. The van der Waals surface area contributed by atoms with Crippen LogP contribution in [-0.4, -0.2) is 24.6 Å². The number of rotatable bonds is 9. The average Bonchev–Trinajstić information content (AvgIpc) is 3.26. The number of hydrogen-bond donors (Lipinski definition) is 0. The molecular weight excluding hydrogens is 304 g/mol. The lowest BCUT2D eigenvalue weighted by Crippen LogP contribution is -2.26. The highest BCUT2D eigenvalue weighted by Gasteiger charge is 2.46. The molecule has 4 nitrogen and oxygen atoms in total. The van der Waals surface area contributed by atoms with Gasteiger partial charge in [0.2, 0.25) is 0 Å². The number of unbranched alkanes of at least 4 members (excludes halogenated alkanes) is 3. The van der Waals surface area contributed by atoms with E-state index in [1.807, 2.05) is 0 Å². The molecule has 0 amide bonds. The summed E-state index contributed by atoms with van der Waals surface area (Å²) in [5.74, 6) is 2.09. The minimum Gasteiger partial charge on any atom is -0.465 e. The standard InChI is InChI=1S/C20H30O4/c1-2-19(21)24-18-13-16-12-17(18)11-15(16)8-6-4-3-5-7-14-9-10-23-20(14)22/h2,14-18H,1,3-13H2. The van der Waals surface area contributed by atoms with E-state index in [1.165, 1.54) is 44.6 Å². The van der Waals surface area contributed by atoms with E-state index >= 15 is 0 Å². The van der Waals surface area contributed by atoms with Gasteiger partial charge in [-0.1, -0.05) is 38.7 Å². The monoisotopic (exact) mass is 334 g/mol. The van der Waals surface area contributed by atoms with Crippen molar-refractivity contribution in [2.75, 3.05) is 6.61 Å². The van der Waals surface area contributed by atoms with Gasteiger partial charge in [0.05, 0.1) is 12.5 Å². The van der Waals surface area contributed by atoms with Gasteiger partial charge in [-0.2, -0.15) is 0 Å². The van der Waals surface area contributed by atoms with Crippen molar-refractivity contribution in [1.29, 1.82) is 0 Å². The fourth-order valence-electron chi connectivity index (χ4n) is 4.99. The van der Waals surface area contributed by atoms with E-state index in [4.69, 9.17) is 9.47 Å². The molecule has 1 heterocycles. The van der Waals surface area contributed by atoms with Crippen LogP contribution in [0.1, 0.15) is 64.2 Å². The lowest BCUT2D eigenvalue weighted by atomic mass is 9.83. The number of carbonyl (C=O) groups is 2. The molecule has 1 aliphatic heterocycles. The van der Waals surface area contributed by atoms with Gasteiger partial charge in [0.1, 0.15) is 6.10 Å². The smallest absolute Gasteiger partial charge is 0.330 e. The van der Waals surface area contributed by atoms with E-state index in [0.717, 1.165) is 37.5 Å². The van der Waals surface area contributed by atoms with Crippen molar-refractivity contribution in [1.82, 2.24) is 0 Å². The Morgan fingerprint density at radius 1 is 1.12 bits per heavy atom. The number of cyclic esters (lactones) is 1. The fourth-order valence-corrected chi connectivity index (χ4v) is 4.99. The highest BCUT2D eigenvalue weighted by Crippen LogP contribution is 2.51. The zero-order valence-electron chi connectivity index (χ0n) is 14.6. The van der Waals surface area contributed by atoms with Crippen LogP contribution in [0.4, 0.5) is 0 Å². The largest absolute Gasteiger partial charge is 0.465 e. The first kappa shape index (κ1) is 17.5. The van der Waals surface area contributed by atoms with Crippen molar-refractivity contribution >= 4 is 11.9 Å². The zero-order chi connectivity index (χ0) is 16.9. The Balaban J connectivity index is 1.25. The molecule has 2 aliphatic carbocycles. The number of ether oxygens (including phenoxy) is 2. The predicted molar refractivity (Wildman–Crippen MR) is 91.2 cm³/mol. The third-order valence-corrected chi connectivity index (χ3v) is 6.29. The first-order valence-electron chi connectivity index (χ1n) is 9.67. The zero-order valence-corrected chi connectivity index (χ0v) is 14.6. The van der Waals surface area contributed by atoms with Crippen molar-refractivity contribution < 1.29 is 19.1 Å². The van der Waals surface area contributed by atoms with E-state index in [1.54, 1.807) is 0 Å². The van der Waals surface area contributed by atoms with E-state index in [0.29, 0.717) is 12.5 Å². The maximum Gasteiger partial charge on any atom is 0.330 e. The van der Waals surface area contributed by atoms with Gasteiger partial charge in [-0.05, 0) is 49.9 Å². The second kappa shape index (κ2) is 8.17. The first-order valence-corrected chi connectivity index (χ1v) is 9.67. The second-order valence-corrected chi connectivity index (χ2v) is 7.81. The Morgan fingerprint density at radius 2 is 1.92 bits per heavy atom. The number of esters is 2. The lowest BCUT2D eigenvalue weighted by Gasteiger charge is -2.27. The maximum absolute atomic E-state index is 11.4. The van der Waals surface area contributed by atoms with Crippen LogP contribution in [0.5, 0.6) is 0 Å². The van der Waals surface area contributed by atoms with Crippen molar-refractivity contribution in [3.8, 4) is 0 Å². The molecule has 3 fully saturated rings. The molecule has 0 N–H and O–H groups in total. The number of hydrogen-bond acceptors (Lipinski definition) is 4. The van der Waals surface area contributed by atoms with Gasteiger partial charge < -0.3 is 9.47 Å².